The van der Waals surface area contributed by atoms with Crippen molar-refractivity contribution in [3.05, 3.63) is 56.0 Å². The highest BCUT2D eigenvalue weighted by atomic mass is 35.5. The van der Waals surface area contributed by atoms with Crippen LogP contribution < -0.4 is 5.73 Å². The topological polar surface area (TPSA) is 26.0 Å². The molecule has 0 unspecified atom stereocenters. The van der Waals surface area contributed by atoms with Crippen LogP contribution in [-0.4, -0.2) is 0 Å². The second kappa shape index (κ2) is 5.68. The van der Waals surface area contributed by atoms with Crippen LogP contribution in [0.15, 0.2) is 30.3 Å². The van der Waals surface area contributed by atoms with Gasteiger partial charge in [0.2, 0.25) is 0 Å². The van der Waals surface area contributed by atoms with Gasteiger partial charge in [-0.05, 0) is 23.8 Å². The maximum absolute atomic E-state index is 6.22. The monoisotopic (exact) mass is 319 g/mol. The Morgan fingerprint density at radius 3 is 1.94 bits per heavy atom. The van der Waals surface area contributed by atoms with E-state index in [-0.39, 0.29) is 0 Å². The van der Waals surface area contributed by atoms with Crippen molar-refractivity contribution in [1.29, 1.82) is 0 Å². The molecule has 0 aliphatic rings. The van der Waals surface area contributed by atoms with E-state index in [9.17, 15) is 0 Å². The Labute approximate surface area is 125 Å². The highest BCUT2D eigenvalue weighted by Crippen LogP contribution is 2.38. The van der Waals surface area contributed by atoms with Gasteiger partial charge in [0.25, 0.3) is 0 Å². The lowest BCUT2D eigenvalue weighted by atomic mass is 10.0. The number of hydrogen-bond acceptors (Lipinski definition) is 1. The van der Waals surface area contributed by atoms with Crippen LogP contribution in [0.25, 0.3) is 11.1 Å². The lowest BCUT2D eigenvalue weighted by Crippen LogP contribution is -1.96. The predicted molar refractivity (Wildman–Crippen MR) is 79.8 cm³/mol. The van der Waals surface area contributed by atoms with Gasteiger partial charge in [0.1, 0.15) is 0 Å². The van der Waals surface area contributed by atoms with Crippen LogP contribution in [0.4, 0.5) is 0 Å². The first-order chi connectivity index (χ1) is 8.52. The van der Waals surface area contributed by atoms with Crippen molar-refractivity contribution in [2.45, 2.75) is 6.54 Å². The van der Waals surface area contributed by atoms with Gasteiger partial charge in [0.15, 0.2) is 0 Å². The van der Waals surface area contributed by atoms with Gasteiger partial charge in [-0.1, -0.05) is 58.5 Å². The summed E-state index contributed by atoms with van der Waals surface area (Å²) in [4.78, 5) is 0. The van der Waals surface area contributed by atoms with Crippen LogP contribution in [0.3, 0.4) is 0 Å². The van der Waals surface area contributed by atoms with E-state index < -0.39 is 0 Å². The summed E-state index contributed by atoms with van der Waals surface area (Å²) < 4.78 is 0. The maximum atomic E-state index is 6.22. The third-order valence-corrected chi connectivity index (χ3v) is 3.92. The Morgan fingerprint density at radius 1 is 0.722 bits per heavy atom. The van der Waals surface area contributed by atoms with Crippen molar-refractivity contribution < 1.29 is 0 Å². The molecule has 0 spiro atoms. The average molecular weight is 321 g/mol. The first kappa shape index (κ1) is 14.0. The minimum Gasteiger partial charge on any atom is -0.326 e. The smallest absolute Gasteiger partial charge is 0.0607 e. The first-order valence-corrected chi connectivity index (χ1v) is 6.67. The maximum Gasteiger partial charge on any atom is 0.0607 e. The normalized spacial score (nSPS) is 10.7. The largest absolute Gasteiger partial charge is 0.326 e. The minimum absolute atomic E-state index is 0.417. The SMILES string of the molecule is NCc1ccc(-c2cc(Cl)c(Cl)cc2Cl)c(Cl)c1. The Kier molecular flexibility index (Phi) is 4.41. The zero-order valence-electron chi connectivity index (χ0n) is 9.18. The highest BCUT2D eigenvalue weighted by Gasteiger charge is 2.11. The van der Waals surface area contributed by atoms with Crippen LogP contribution in [0.1, 0.15) is 5.56 Å². The molecule has 2 aromatic rings. The summed E-state index contributed by atoms with van der Waals surface area (Å²) in [6, 6.07) is 8.90. The van der Waals surface area contributed by atoms with Crippen LogP contribution >= 0.6 is 46.4 Å². The molecule has 0 aliphatic heterocycles. The van der Waals surface area contributed by atoms with E-state index in [0.717, 1.165) is 16.7 Å². The molecular formula is C13H9Cl4N. The summed E-state index contributed by atoms with van der Waals surface area (Å²) in [5.74, 6) is 0. The van der Waals surface area contributed by atoms with Crippen LogP contribution in [-0.2, 0) is 6.54 Å². The Bertz CT molecular complexity index is 596. The van der Waals surface area contributed by atoms with Gasteiger partial charge >= 0.3 is 0 Å². The van der Waals surface area contributed by atoms with Gasteiger partial charge in [-0.3, -0.25) is 0 Å². The lowest BCUT2D eigenvalue weighted by molar-refractivity contribution is 1.07. The van der Waals surface area contributed by atoms with E-state index in [1.807, 2.05) is 18.2 Å². The van der Waals surface area contributed by atoms with E-state index in [1.165, 1.54) is 0 Å². The van der Waals surface area contributed by atoms with Gasteiger partial charge in [0, 0.05) is 22.7 Å². The fourth-order valence-corrected chi connectivity index (χ4v) is 2.59. The molecule has 0 bridgehead atoms. The molecule has 0 fully saturated rings. The first-order valence-electron chi connectivity index (χ1n) is 5.16. The molecule has 5 heteroatoms. The summed E-state index contributed by atoms with van der Waals surface area (Å²) in [7, 11) is 0. The number of nitrogens with two attached hydrogens (primary N) is 1. The van der Waals surface area contributed by atoms with Crippen molar-refractivity contribution in [3.63, 3.8) is 0 Å². The van der Waals surface area contributed by atoms with Crippen molar-refractivity contribution >= 4 is 46.4 Å². The number of rotatable bonds is 2. The Balaban J connectivity index is 2.58. The van der Waals surface area contributed by atoms with E-state index >= 15 is 0 Å². The summed E-state index contributed by atoms with van der Waals surface area (Å²) in [5, 5.41) is 1.94. The standard InChI is InChI=1S/C13H9Cl4N/c14-10-3-7(6-18)1-2-8(10)9-4-12(16)13(17)5-11(9)15/h1-5H,6,18H2. The van der Waals surface area contributed by atoms with Crippen molar-refractivity contribution in [2.24, 2.45) is 5.73 Å². The molecule has 2 aromatic carbocycles. The fraction of sp³-hybridized carbons (Fsp3) is 0.0769. The highest BCUT2D eigenvalue weighted by molar-refractivity contribution is 6.44. The Morgan fingerprint density at radius 2 is 1.33 bits per heavy atom. The van der Waals surface area contributed by atoms with Crippen molar-refractivity contribution in [1.82, 2.24) is 0 Å². The zero-order chi connectivity index (χ0) is 13.3. The molecule has 0 aromatic heterocycles. The van der Waals surface area contributed by atoms with Crippen LogP contribution in [0.2, 0.25) is 20.1 Å². The zero-order valence-corrected chi connectivity index (χ0v) is 12.2. The quantitative estimate of drug-likeness (QED) is 0.734. The number of hydrogen-bond donors (Lipinski definition) is 1. The third kappa shape index (κ3) is 2.76. The van der Waals surface area contributed by atoms with Gasteiger partial charge in [-0.15, -0.1) is 0 Å². The molecule has 94 valence electrons. The van der Waals surface area contributed by atoms with Gasteiger partial charge < -0.3 is 5.73 Å². The summed E-state index contributed by atoms with van der Waals surface area (Å²) in [6.07, 6.45) is 0. The Hall–Kier alpha value is -0.440. The van der Waals surface area contributed by atoms with Crippen molar-refractivity contribution in [3.8, 4) is 11.1 Å². The molecule has 2 N–H and O–H groups in total. The molecular weight excluding hydrogens is 312 g/mol. The molecule has 0 amide bonds. The molecule has 0 saturated heterocycles. The minimum atomic E-state index is 0.417. The van der Waals surface area contributed by atoms with Gasteiger partial charge in [-0.25, -0.2) is 0 Å². The van der Waals surface area contributed by atoms with Crippen LogP contribution in [0, 0.1) is 0 Å². The molecule has 0 heterocycles. The molecule has 18 heavy (non-hydrogen) atoms. The summed E-state index contributed by atoms with van der Waals surface area (Å²) in [6.45, 7) is 0.440. The molecule has 2 rings (SSSR count). The number of halogens is 4. The summed E-state index contributed by atoms with van der Waals surface area (Å²) in [5.41, 5.74) is 8.07. The molecule has 1 nitrogen and oxygen atoms in total. The fourth-order valence-electron chi connectivity index (χ4n) is 1.63. The van der Waals surface area contributed by atoms with E-state index in [1.54, 1.807) is 12.1 Å². The second-order valence-corrected chi connectivity index (χ2v) is 5.39. The van der Waals surface area contributed by atoms with Gasteiger partial charge in [0.05, 0.1) is 15.1 Å². The third-order valence-electron chi connectivity index (χ3n) is 2.57. The molecule has 0 radical (unpaired) electrons. The van der Waals surface area contributed by atoms with Crippen LogP contribution in [0.5, 0.6) is 0 Å². The summed E-state index contributed by atoms with van der Waals surface area (Å²) >= 11 is 24.3. The van der Waals surface area contributed by atoms with E-state index in [2.05, 4.69) is 0 Å². The molecule has 0 aliphatic carbocycles. The van der Waals surface area contributed by atoms with Crippen molar-refractivity contribution in [2.75, 3.05) is 0 Å². The number of benzene rings is 2. The van der Waals surface area contributed by atoms with Gasteiger partial charge in [-0.2, -0.15) is 0 Å². The second-order valence-electron chi connectivity index (χ2n) is 3.76. The predicted octanol–water partition coefficient (Wildman–Crippen LogP) is 5.43. The average Bonchev–Trinajstić information content (AvgIpc) is 2.34. The molecule has 0 atom stereocenters. The van der Waals surface area contributed by atoms with E-state index in [4.69, 9.17) is 52.1 Å². The van der Waals surface area contributed by atoms with E-state index in [0.29, 0.717) is 26.6 Å². The lowest BCUT2D eigenvalue weighted by Gasteiger charge is -2.10. The molecule has 0 saturated carbocycles.